The van der Waals surface area contributed by atoms with E-state index in [-0.39, 0.29) is 6.04 Å². The molecule has 1 heterocycles. The van der Waals surface area contributed by atoms with Crippen LogP contribution in [0.2, 0.25) is 0 Å². The SMILES string of the molecule is Cc1ccc(C(CN)N2CCCc3ccccc32)cc1Br. The number of aryl methyl sites for hydroxylation is 2. The normalized spacial score (nSPS) is 15.7. The molecule has 1 atom stereocenters. The summed E-state index contributed by atoms with van der Waals surface area (Å²) in [4.78, 5) is 2.47. The largest absolute Gasteiger partial charge is 0.363 e. The summed E-state index contributed by atoms with van der Waals surface area (Å²) in [6.07, 6.45) is 2.36. The Bertz CT molecular complexity index is 639. The van der Waals surface area contributed by atoms with Crippen LogP contribution in [0, 0.1) is 6.92 Å². The maximum absolute atomic E-state index is 6.12. The number of para-hydroxylation sites is 1. The van der Waals surface area contributed by atoms with Crippen molar-refractivity contribution in [2.45, 2.75) is 25.8 Å². The van der Waals surface area contributed by atoms with Gasteiger partial charge in [0.15, 0.2) is 0 Å². The van der Waals surface area contributed by atoms with Gasteiger partial charge in [0.05, 0.1) is 6.04 Å². The summed E-state index contributed by atoms with van der Waals surface area (Å²) in [5, 5.41) is 0. The van der Waals surface area contributed by atoms with Crippen molar-refractivity contribution in [2.75, 3.05) is 18.0 Å². The molecule has 2 aromatic carbocycles. The summed E-state index contributed by atoms with van der Waals surface area (Å²) >= 11 is 3.64. The van der Waals surface area contributed by atoms with Gasteiger partial charge in [0.25, 0.3) is 0 Å². The van der Waals surface area contributed by atoms with Crippen LogP contribution in [0.15, 0.2) is 46.9 Å². The molecule has 1 aliphatic heterocycles. The van der Waals surface area contributed by atoms with E-state index in [2.05, 4.69) is 70.2 Å². The molecule has 2 N–H and O–H groups in total. The first kappa shape index (κ1) is 14.6. The van der Waals surface area contributed by atoms with Crippen LogP contribution in [0.5, 0.6) is 0 Å². The zero-order chi connectivity index (χ0) is 14.8. The molecule has 0 saturated carbocycles. The second-order valence-electron chi connectivity index (χ2n) is 5.69. The monoisotopic (exact) mass is 344 g/mol. The van der Waals surface area contributed by atoms with Gasteiger partial charge in [0.1, 0.15) is 0 Å². The van der Waals surface area contributed by atoms with E-state index >= 15 is 0 Å². The maximum Gasteiger partial charge on any atom is 0.0665 e. The third kappa shape index (κ3) is 2.85. The van der Waals surface area contributed by atoms with Gasteiger partial charge in [-0.2, -0.15) is 0 Å². The van der Waals surface area contributed by atoms with E-state index in [1.165, 1.54) is 35.2 Å². The van der Waals surface area contributed by atoms with Gasteiger partial charge in [-0.1, -0.05) is 46.3 Å². The number of hydrogen-bond acceptors (Lipinski definition) is 2. The number of halogens is 1. The zero-order valence-corrected chi connectivity index (χ0v) is 13.9. The van der Waals surface area contributed by atoms with Crippen molar-refractivity contribution >= 4 is 21.6 Å². The summed E-state index contributed by atoms with van der Waals surface area (Å²) in [5.74, 6) is 0. The van der Waals surface area contributed by atoms with Gasteiger partial charge in [-0.25, -0.2) is 0 Å². The summed E-state index contributed by atoms with van der Waals surface area (Å²) in [5.41, 5.74) is 11.4. The van der Waals surface area contributed by atoms with Gasteiger partial charge < -0.3 is 10.6 Å². The summed E-state index contributed by atoms with van der Waals surface area (Å²) in [7, 11) is 0. The van der Waals surface area contributed by atoms with Crippen molar-refractivity contribution in [3.05, 3.63) is 63.6 Å². The van der Waals surface area contributed by atoms with Crippen LogP contribution in [0.4, 0.5) is 5.69 Å². The van der Waals surface area contributed by atoms with E-state index in [0.717, 1.165) is 11.0 Å². The molecule has 0 aromatic heterocycles. The van der Waals surface area contributed by atoms with Crippen LogP contribution in [-0.4, -0.2) is 13.1 Å². The van der Waals surface area contributed by atoms with E-state index in [1.807, 2.05) is 0 Å². The van der Waals surface area contributed by atoms with Gasteiger partial charge in [-0.05, 0) is 48.6 Å². The molecule has 2 nitrogen and oxygen atoms in total. The van der Waals surface area contributed by atoms with Gasteiger partial charge >= 0.3 is 0 Å². The molecule has 110 valence electrons. The minimum absolute atomic E-state index is 0.239. The highest BCUT2D eigenvalue weighted by atomic mass is 79.9. The lowest BCUT2D eigenvalue weighted by atomic mass is 9.96. The Balaban J connectivity index is 1.99. The number of anilines is 1. The van der Waals surface area contributed by atoms with Gasteiger partial charge in [0, 0.05) is 23.2 Å². The Morgan fingerprint density at radius 3 is 2.81 bits per heavy atom. The topological polar surface area (TPSA) is 29.3 Å². The third-order valence-corrected chi connectivity index (χ3v) is 5.18. The van der Waals surface area contributed by atoms with E-state index in [0.29, 0.717) is 6.54 Å². The van der Waals surface area contributed by atoms with Crippen LogP contribution in [0.1, 0.15) is 29.2 Å². The molecule has 0 radical (unpaired) electrons. The highest BCUT2D eigenvalue weighted by molar-refractivity contribution is 9.10. The number of hydrogen-bond donors (Lipinski definition) is 1. The molecule has 0 saturated heterocycles. The minimum atomic E-state index is 0.239. The maximum atomic E-state index is 6.12. The molecular formula is C18H21BrN2. The van der Waals surface area contributed by atoms with Crippen molar-refractivity contribution in [2.24, 2.45) is 5.73 Å². The van der Waals surface area contributed by atoms with Crippen LogP contribution in [-0.2, 0) is 6.42 Å². The quantitative estimate of drug-likeness (QED) is 0.903. The Labute approximate surface area is 135 Å². The molecule has 0 fully saturated rings. The van der Waals surface area contributed by atoms with Crippen LogP contribution < -0.4 is 10.6 Å². The molecule has 0 amide bonds. The van der Waals surface area contributed by atoms with E-state index in [9.17, 15) is 0 Å². The smallest absolute Gasteiger partial charge is 0.0665 e. The van der Waals surface area contributed by atoms with Crippen molar-refractivity contribution in [3.8, 4) is 0 Å². The van der Waals surface area contributed by atoms with Crippen LogP contribution in [0.3, 0.4) is 0 Å². The zero-order valence-electron chi connectivity index (χ0n) is 12.3. The average Bonchev–Trinajstić information content (AvgIpc) is 2.52. The highest BCUT2D eigenvalue weighted by Crippen LogP contribution is 2.34. The first-order valence-electron chi connectivity index (χ1n) is 7.51. The predicted octanol–water partition coefficient (Wildman–Crippen LogP) is 4.21. The van der Waals surface area contributed by atoms with Crippen molar-refractivity contribution in [3.63, 3.8) is 0 Å². The Morgan fingerprint density at radius 1 is 1.24 bits per heavy atom. The lowest BCUT2D eigenvalue weighted by Gasteiger charge is -2.38. The summed E-state index contributed by atoms with van der Waals surface area (Å²) < 4.78 is 1.16. The molecule has 3 heteroatoms. The van der Waals surface area contributed by atoms with Crippen molar-refractivity contribution in [1.82, 2.24) is 0 Å². The predicted molar refractivity (Wildman–Crippen MR) is 92.8 cm³/mol. The number of rotatable bonds is 3. The first-order valence-corrected chi connectivity index (χ1v) is 8.30. The Kier molecular flexibility index (Phi) is 4.32. The first-order chi connectivity index (χ1) is 10.2. The fraction of sp³-hybridized carbons (Fsp3) is 0.333. The number of benzene rings is 2. The Hall–Kier alpha value is -1.32. The standard InChI is InChI=1S/C18H21BrN2/c1-13-8-9-15(11-16(13)19)18(12-20)21-10-4-6-14-5-2-3-7-17(14)21/h2-3,5,7-9,11,18H,4,6,10,12,20H2,1H3. The van der Waals surface area contributed by atoms with Crippen molar-refractivity contribution in [1.29, 1.82) is 0 Å². The third-order valence-electron chi connectivity index (χ3n) is 4.33. The second-order valence-corrected chi connectivity index (χ2v) is 6.54. The number of nitrogens with two attached hydrogens (primary N) is 1. The molecule has 3 rings (SSSR count). The highest BCUT2D eigenvalue weighted by Gasteiger charge is 2.24. The summed E-state index contributed by atoms with van der Waals surface area (Å²) in [6, 6.07) is 15.5. The van der Waals surface area contributed by atoms with E-state index in [4.69, 9.17) is 5.73 Å². The number of fused-ring (bicyclic) bond motifs is 1. The van der Waals surface area contributed by atoms with Crippen LogP contribution in [0.25, 0.3) is 0 Å². The fourth-order valence-corrected chi connectivity index (χ4v) is 3.54. The molecule has 0 bridgehead atoms. The molecular weight excluding hydrogens is 324 g/mol. The second kappa shape index (κ2) is 6.20. The molecule has 0 spiro atoms. The molecule has 0 aliphatic carbocycles. The van der Waals surface area contributed by atoms with E-state index < -0.39 is 0 Å². The molecule has 2 aromatic rings. The molecule has 1 aliphatic rings. The van der Waals surface area contributed by atoms with Crippen LogP contribution >= 0.6 is 15.9 Å². The van der Waals surface area contributed by atoms with Gasteiger partial charge in [-0.3, -0.25) is 0 Å². The lowest BCUT2D eigenvalue weighted by molar-refractivity contribution is 0.587. The molecule has 21 heavy (non-hydrogen) atoms. The van der Waals surface area contributed by atoms with Gasteiger partial charge in [-0.15, -0.1) is 0 Å². The Morgan fingerprint density at radius 2 is 2.05 bits per heavy atom. The lowest BCUT2D eigenvalue weighted by Crippen LogP contribution is -2.37. The average molecular weight is 345 g/mol. The van der Waals surface area contributed by atoms with E-state index in [1.54, 1.807) is 0 Å². The summed E-state index contributed by atoms with van der Waals surface area (Å²) in [6.45, 7) is 3.82. The fourth-order valence-electron chi connectivity index (χ4n) is 3.15. The van der Waals surface area contributed by atoms with Crippen molar-refractivity contribution < 1.29 is 0 Å². The van der Waals surface area contributed by atoms with Gasteiger partial charge in [0.2, 0.25) is 0 Å². The number of nitrogens with zero attached hydrogens (tertiary/aromatic N) is 1. The molecule has 1 unspecified atom stereocenters. The minimum Gasteiger partial charge on any atom is -0.363 e.